The van der Waals surface area contributed by atoms with E-state index < -0.39 is 0 Å². The smallest absolute Gasteiger partial charge is 0.224 e. The Balaban J connectivity index is 2.60. The Morgan fingerprint density at radius 3 is 2.41 bits per heavy atom. The van der Waals surface area contributed by atoms with Gasteiger partial charge in [-0.15, -0.1) is 0 Å². The quantitative estimate of drug-likeness (QED) is 0.794. The van der Waals surface area contributed by atoms with Crippen LogP contribution in [0.2, 0.25) is 0 Å². The van der Waals surface area contributed by atoms with Gasteiger partial charge in [-0.25, -0.2) is 0 Å². The zero-order valence-electron chi connectivity index (χ0n) is 14.6. The Bertz CT molecular complexity index is 462. The molecule has 0 bridgehead atoms. The lowest BCUT2D eigenvalue weighted by molar-refractivity contribution is -0.117. The number of hydrogen-bond acceptors (Lipinski definition) is 3. The average molecular weight is 306 g/mol. The molecule has 0 aliphatic carbocycles. The van der Waals surface area contributed by atoms with Crippen LogP contribution in [0.3, 0.4) is 0 Å². The van der Waals surface area contributed by atoms with Crippen molar-refractivity contribution in [2.75, 3.05) is 31.6 Å². The normalized spacial score (nSPS) is 11.5. The molecule has 0 unspecified atom stereocenters. The van der Waals surface area contributed by atoms with Crippen LogP contribution in [0.25, 0.3) is 0 Å². The predicted octanol–water partition coefficient (Wildman–Crippen LogP) is 3.78. The van der Waals surface area contributed by atoms with Crippen LogP contribution in [-0.4, -0.2) is 37.0 Å². The zero-order chi connectivity index (χ0) is 16.6. The molecule has 1 amide bonds. The second kappa shape index (κ2) is 8.79. The molecule has 0 spiro atoms. The molecule has 1 aromatic carbocycles. The van der Waals surface area contributed by atoms with Crippen LogP contribution in [0.4, 0.5) is 5.69 Å². The van der Waals surface area contributed by atoms with Crippen LogP contribution in [0.1, 0.15) is 41.0 Å². The third-order valence-corrected chi connectivity index (χ3v) is 3.41. The number of likely N-dealkylation sites (N-methyl/N-ethyl adjacent to an activating group) is 1. The third kappa shape index (κ3) is 6.94. The molecule has 0 fully saturated rings. The van der Waals surface area contributed by atoms with Gasteiger partial charge in [0.2, 0.25) is 5.91 Å². The van der Waals surface area contributed by atoms with Crippen molar-refractivity contribution in [3.05, 3.63) is 24.3 Å². The number of para-hydroxylation sites is 2. The van der Waals surface area contributed by atoms with Crippen molar-refractivity contribution in [2.24, 2.45) is 5.41 Å². The van der Waals surface area contributed by atoms with Crippen molar-refractivity contribution in [1.29, 1.82) is 0 Å². The molecule has 0 aliphatic rings. The first kappa shape index (κ1) is 18.5. The first-order chi connectivity index (χ1) is 10.4. The van der Waals surface area contributed by atoms with E-state index in [9.17, 15) is 4.79 Å². The summed E-state index contributed by atoms with van der Waals surface area (Å²) in [4.78, 5) is 14.4. The number of ether oxygens (including phenoxy) is 1. The fraction of sp³-hybridized carbons (Fsp3) is 0.611. The highest BCUT2D eigenvalue weighted by atomic mass is 16.5. The minimum Gasteiger partial charge on any atom is -0.490 e. The van der Waals surface area contributed by atoms with Gasteiger partial charge in [-0.3, -0.25) is 4.79 Å². The number of carbonyl (C=O) groups is 1. The summed E-state index contributed by atoms with van der Waals surface area (Å²) in [5.41, 5.74) is 0.721. The number of carbonyl (C=O) groups excluding carboxylic acids is 1. The lowest BCUT2D eigenvalue weighted by Crippen LogP contribution is -2.28. The van der Waals surface area contributed by atoms with Crippen molar-refractivity contribution in [3.8, 4) is 5.75 Å². The molecule has 22 heavy (non-hydrogen) atoms. The van der Waals surface area contributed by atoms with E-state index in [0.29, 0.717) is 13.0 Å². The molecule has 1 aromatic rings. The van der Waals surface area contributed by atoms with Gasteiger partial charge in [0.25, 0.3) is 0 Å². The van der Waals surface area contributed by atoms with Crippen molar-refractivity contribution >= 4 is 11.6 Å². The van der Waals surface area contributed by atoms with Gasteiger partial charge in [-0.05, 0) is 30.6 Å². The fourth-order valence-electron chi connectivity index (χ4n) is 2.20. The van der Waals surface area contributed by atoms with Gasteiger partial charge in [0, 0.05) is 13.0 Å². The number of amides is 1. The lowest BCUT2D eigenvalue weighted by Gasteiger charge is -2.20. The molecule has 0 atom stereocenters. The van der Waals surface area contributed by atoms with E-state index in [1.807, 2.05) is 24.3 Å². The second-order valence-corrected chi connectivity index (χ2v) is 6.66. The highest BCUT2D eigenvalue weighted by Gasteiger charge is 2.17. The van der Waals surface area contributed by atoms with Gasteiger partial charge in [0.15, 0.2) is 0 Å². The maximum Gasteiger partial charge on any atom is 0.224 e. The van der Waals surface area contributed by atoms with Crippen LogP contribution in [0, 0.1) is 5.41 Å². The van der Waals surface area contributed by atoms with Crippen LogP contribution in [-0.2, 0) is 4.79 Å². The molecule has 0 radical (unpaired) electrons. The number of hydrogen-bond donors (Lipinski definition) is 1. The Hall–Kier alpha value is -1.55. The van der Waals surface area contributed by atoms with Gasteiger partial charge in [-0.2, -0.15) is 0 Å². The summed E-state index contributed by atoms with van der Waals surface area (Å²) >= 11 is 0. The van der Waals surface area contributed by atoms with Crippen molar-refractivity contribution < 1.29 is 9.53 Å². The Labute approximate surface area is 134 Å². The summed E-state index contributed by atoms with van der Waals surface area (Å²) < 4.78 is 5.85. The molecular formula is C18H30N2O2. The molecule has 124 valence electrons. The first-order valence-electron chi connectivity index (χ1n) is 8.09. The number of benzene rings is 1. The first-order valence-corrected chi connectivity index (χ1v) is 8.09. The Morgan fingerprint density at radius 1 is 1.18 bits per heavy atom. The molecule has 4 heteroatoms. The number of anilines is 1. The number of nitrogens with one attached hydrogen (secondary N) is 1. The van der Waals surface area contributed by atoms with Crippen molar-refractivity contribution in [3.63, 3.8) is 0 Å². The standard InChI is InChI=1S/C18H30N2O2/c1-6-20(7-2)12-13-22-16-11-9-8-10-15(16)19-17(21)14-18(3,4)5/h8-11H,6-7,12-14H2,1-5H3,(H,19,21). The lowest BCUT2D eigenvalue weighted by atomic mass is 9.92. The van der Waals surface area contributed by atoms with Crippen molar-refractivity contribution in [2.45, 2.75) is 41.0 Å². The Morgan fingerprint density at radius 2 is 1.82 bits per heavy atom. The fourth-order valence-corrected chi connectivity index (χ4v) is 2.20. The van der Waals surface area contributed by atoms with Gasteiger partial charge < -0.3 is 15.0 Å². The highest BCUT2D eigenvalue weighted by molar-refractivity contribution is 5.92. The summed E-state index contributed by atoms with van der Waals surface area (Å²) in [6.07, 6.45) is 0.487. The van der Waals surface area contributed by atoms with Gasteiger partial charge in [-0.1, -0.05) is 46.8 Å². The molecule has 0 heterocycles. The number of rotatable bonds is 8. The molecule has 0 aromatic heterocycles. The third-order valence-electron chi connectivity index (χ3n) is 3.41. The van der Waals surface area contributed by atoms with Crippen LogP contribution in [0.15, 0.2) is 24.3 Å². The molecule has 1 rings (SSSR count). The van der Waals surface area contributed by atoms with Crippen molar-refractivity contribution in [1.82, 2.24) is 4.90 Å². The van der Waals surface area contributed by atoms with Crippen LogP contribution >= 0.6 is 0 Å². The van der Waals surface area contributed by atoms with E-state index in [1.54, 1.807) is 0 Å². The molecule has 4 nitrogen and oxygen atoms in total. The largest absolute Gasteiger partial charge is 0.490 e. The minimum absolute atomic E-state index is 0.0206. The minimum atomic E-state index is -0.0252. The summed E-state index contributed by atoms with van der Waals surface area (Å²) in [6.45, 7) is 14.0. The zero-order valence-corrected chi connectivity index (χ0v) is 14.6. The Kier molecular flexibility index (Phi) is 7.39. The van der Waals surface area contributed by atoms with Gasteiger partial charge in [0.1, 0.15) is 12.4 Å². The topological polar surface area (TPSA) is 41.6 Å². The van der Waals surface area contributed by atoms with Gasteiger partial charge in [0.05, 0.1) is 5.69 Å². The summed E-state index contributed by atoms with van der Waals surface area (Å²) in [5, 5.41) is 2.96. The van der Waals surface area contributed by atoms with Crippen LogP contribution in [0.5, 0.6) is 5.75 Å². The summed E-state index contributed by atoms with van der Waals surface area (Å²) in [6, 6.07) is 7.61. The average Bonchev–Trinajstić information content (AvgIpc) is 2.43. The molecule has 1 N–H and O–H groups in total. The summed E-state index contributed by atoms with van der Waals surface area (Å²) in [7, 11) is 0. The molecule has 0 saturated heterocycles. The highest BCUT2D eigenvalue weighted by Crippen LogP contribution is 2.25. The number of nitrogens with zero attached hydrogens (tertiary/aromatic N) is 1. The predicted molar refractivity (Wildman–Crippen MR) is 92.4 cm³/mol. The monoisotopic (exact) mass is 306 g/mol. The molecule has 0 saturated carbocycles. The van der Waals surface area contributed by atoms with Gasteiger partial charge >= 0.3 is 0 Å². The molecule has 0 aliphatic heterocycles. The summed E-state index contributed by atoms with van der Waals surface area (Å²) in [5.74, 6) is 0.754. The van der Waals surface area contributed by atoms with E-state index >= 15 is 0 Å². The van der Waals surface area contributed by atoms with E-state index in [1.165, 1.54) is 0 Å². The van der Waals surface area contributed by atoms with Crippen LogP contribution < -0.4 is 10.1 Å². The second-order valence-electron chi connectivity index (χ2n) is 6.66. The maximum atomic E-state index is 12.1. The van der Waals surface area contributed by atoms with E-state index in [-0.39, 0.29) is 11.3 Å². The maximum absolute atomic E-state index is 12.1. The van der Waals surface area contributed by atoms with E-state index in [2.05, 4.69) is 44.8 Å². The van der Waals surface area contributed by atoms with E-state index in [4.69, 9.17) is 4.74 Å². The van der Waals surface area contributed by atoms with E-state index in [0.717, 1.165) is 31.1 Å². The molecular weight excluding hydrogens is 276 g/mol. The SMILES string of the molecule is CCN(CC)CCOc1ccccc1NC(=O)CC(C)(C)C.